The first-order valence-electron chi connectivity index (χ1n) is 15.2. The molecular weight excluding hydrogens is 446 g/mol. The standard InChI is InChI=1S/C32H55NO3/c1-6-13-26(14-7-2)24(3)29(27-15-9-8-10-16-27)23-28-17-11-12-20-33(28)32(34)22-25-18-19-30(35-4)31(21-25)36-5/h6,13,24-25,27-31H,1,7-12,14-23H2,2-5H3/b26-13-. The summed E-state index contributed by atoms with van der Waals surface area (Å²) in [5.41, 5.74) is 1.57. The van der Waals surface area contributed by atoms with E-state index in [0.717, 1.165) is 44.6 Å². The highest BCUT2D eigenvalue weighted by Gasteiger charge is 2.37. The molecule has 0 bridgehead atoms. The zero-order valence-electron chi connectivity index (χ0n) is 23.9. The lowest BCUT2D eigenvalue weighted by Crippen LogP contribution is -2.47. The largest absolute Gasteiger partial charge is 0.379 e. The van der Waals surface area contributed by atoms with E-state index in [9.17, 15) is 4.79 Å². The van der Waals surface area contributed by atoms with Gasteiger partial charge in [0, 0.05) is 33.2 Å². The molecule has 4 heteroatoms. The molecule has 0 spiro atoms. The summed E-state index contributed by atoms with van der Waals surface area (Å²) in [7, 11) is 3.56. The Morgan fingerprint density at radius 2 is 1.72 bits per heavy atom. The molecular formula is C32H55NO3. The third-order valence-corrected chi connectivity index (χ3v) is 9.75. The fourth-order valence-corrected chi connectivity index (χ4v) is 7.68. The van der Waals surface area contributed by atoms with Crippen molar-refractivity contribution in [3.05, 3.63) is 24.3 Å². The van der Waals surface area contributed by atoms with E-state index in [4.69, 9.17) is 9.47 Å². The number of methoxy groups -OCH3 is 2. The lowest BCUT2D eigenvalue weighted by atomic mass is 9.68. The fourth-order valence-electron chi connectivity index (χ4n) is 7.68. The van der Waals surface area contributed by atoms with Crippen LogP contribution < -0.4 is 0 Å². The van der Waals surface area contributed by atoms with E-state index < -0.39 is 0 Å². The summed E-state index contributed by atoms with van der Waals surface area (Å²) in [6.07, 6.45) is 22.2. The molecule has 3 fully saturated rings. The molecule has 1 saturated heterocycles. The molecule has 0 aromatic carbocycles. The maximum atomic E-state index is 13.7. The second-order valence-electron chi connectivity index (χ2n) is 12.0. The van der Waals surface area contributed by atoms with Gasteiger partial charge in [0.15, 0.2) is 0 Å². The van der Waals surface area contributed by atoms with Gasteiger partial charge in [-0.15, -0.1) is 0 Å². The van der Waals surface area contributed by atoms with Crippen LogP contribution in [0.15, 0.2) is 24.3 Å². The van der Waals surface area contributed by atoms with Crippen LogP contribution >= 0.6 is 0 Å². The van der Waals surface area contributed by atoms with Crippen molar-refractivity contribution in [2.45, 2.75) is 128 Å². The van der Waals surface area contributed by atoms with Crippen LogP contribution in [-0.4, -0.2) is 49.8 Å². The first-order chi connectivity index (χ1) is 17.5. The smallest absolute Gasteiger partial charge is 0.223 e. The van der Waals surface area contributed by atoms with Crippen LogP contribution in [0.1, 0.15) is 110 Å². The predicted molar refractivity (Wildman–Crippen MR) is 150 cm³/mol. The minimum Gasteiger partial charge on any atom is -0.379 e. The van der Waals surface area contributed by atoms with Gasteiger partial charge in [0.05, 0.1) is 12.2 Å². The Balaban J connectivity index is 1.71. The molecule has 6 atom stereocenters. The number of allylic oxidation sites excluding steroid dienone is 3. The Bertz CT molecular complexity index is 698. The number of rotatable bonds is 12. The van der Waals surface area contributed by atoms with E-state index in [1.807, 2.05) is 6.08 Å². The molecule has 1 amide bonds. The van der Waals surface area contributed by atoms with Gasteiger partial charge in [-0.05, 0) is 75.0 Å². The number of carbonyl (C=O) groups excluding carboxylic acids is 1. The van der Waals surface area contributed by atoms with E-state index in [1.165, 1.54) is 57.8 Å². The van der Waals surface area contributed by atoms with Gasteiger partial charge in [0.2, 0.25) is 5.91 Å². The molecule has 0 N–H and O–H groups in total. The molecule has 1 heterocycles. The average molecular weight is 502 g/mol. The first kappa shape index (κ1) is 29.4. The second kappa shape index (κ2) is 15.3. The molecule has 36 heavy (non-hydrogen) atoms. The summed E-state index contributed by atoms with van der Waals surface area (Å²) in [5, 5.41) is 0. The lowest BCUT2D eigenvalue weighted by Gasteiger charge is -2.43. The molecule has 1 aliphatic heterocycles. The van der Waals surface area contributed by atoms with Crippen molar-refractivity contribution < 1.29 is 14.3 Å². The zero-order valence-corrected chi connectivity index (χ0v) is 23.9. The maximum Gasteiger partial charge on any atom is 0.223 e. The monoisotopic (exact) mass is 501 g/mol. The number of ether oxygens (including phenoxy) is 2. The lowest BCUT2D eigenvalue weighted by molar-refractivity contribution is -0.138. The van der Waals surface area contributed by atoms with E-state index in [0.29, 0.717) is 36.1 Å². The van der Waals surface area contributed by atoms with Gasteiger partial charge in [-0.25, -0.2) is 0 Å². The fraction of sp³-hybridized carbons (Fsp3) is 0.844. The molecule has 2 aliphatic carbocycles. The molecule has 0 aromatic heterocycles. The van der Waals surface area contributed by atoms with Crippen LogP contribution in [0.3, 0.4) is 0 Å². The highest BCUT2D eigenvalue weighted by Crippen LogP contribution is 2.42. The van der Waals surface area contributed by atoms with Gasteiger partial charge in [0.25, 0.3) is 0 Å². The molecule has 206 valence electrons. The maximum absolute atomic E-state index is 13.7. The van der Waals surface area contributed by atoms with Crippen LogP contribution in [0.2, 0.25) is 0 Å². The Kier molecular flexibility index (Phi) is 12.5. The summed E-state index contributed by atoms with van der Waals surface area (Å²) >= 11 is 0. The van der Waals surface area contributed by atoms with Gasteiger partial charge in [-0.3, -0.25) is 4.79 Å². The Labute approximate surface area is 222 Å². The van der Waals surface area contributed by atoms with E-state index >= 15 is 0 Å². The molecule has 6 unspecified atom stereocenters. The third kappa shape index (κ3) is 7.93. The number of nitrogens with zero attached hydrogens (tertiary/aromatic N) is 1. The van der Waals surface area contributed by atoms with Crippen molar-refractivity contribution in [3.63, 3.8) is 0 Å². The number of hydrogen-bond donors (Lipinski definition) is 0. The SMILES string of the molecule is C=C/C=C(/CCC)C(C)C(CC1CCCCN1C(=O)CC1CCC(OC)C(OC)C1)C1CCCCC1. The minimum atomic E-state index is 0.115. The zero-order chi connectivity index (χ0) is 25.9. The number of piperidine rings is 1. The topological polar surface area (TPSA) is 38.8 Å². The van der Waals surface area contributed by atoms with Gasteiger partial charge in [0.1, 0.15) is 0 Å². The van der Waals surface area contributed by atoms with Crippen molar-refractivity contribution in [1.29, 1.82) is 0 Å². The summed E-state index contributed by atoms with van der Waals surface area (Å²) in [5.74, 6) is 2.83. The molecule has 3 rings (SSSR count). The van der Waals surface area contributed by atoms with Gasteiger partial charge in [-0.2, -0.15) is 0 Å². The van der Waals surface area contributed by atoms with E-state index in [2.05, 4.69) is 31.4 Å². The Morgan fingerprint density at radius 1 is 1.00 bits per heavy atom. The summed E-state index contributed by atoms with van der Waals surface area (Å²) in [4.78, 5) is 16.0. The Morgan fingerprint density at radius 3 is 2.39 bits per heavy atom. The van der Waals surface area contributed by atoms with E-state index in [-0.39, 0.29) is 12.2 Å². The van der Waals surface area contributed by atoms with Crippen molar-refractivity contribution in [2.75, 3.05) is 20.8 Å². The van der Waals surface area contributed by atoms with Crippen LogP contribution in [0.5, 0.6) is 0 Å². The van der Waals surface area contributed by atoms with Crippen molar-refractivity contribution >= 4 is 5.91 Å². The summed E-state index contributed by atoms with van der Waals surface area (Å²) in [6.45, 7) is 9.72. The highest BCUT2D eigenvalue weighted by molar-refractivity contribution is 5.77. The van der Waals surface area contributed by atoms with Crippen molar-refractivity contribution in [1.82, 2.24) is 4.90 Å². The van der Waals surface area contributed by atoms with Crippen LogP contribution in [0.25, 0.3) is 0 Å². The predicted octanol–water partition coefficient (Wildman–Crippen LogP) is 7.72. The second-order valence-corrected chi connectivity index (χ2v) is 12.0. The van der Waals surface area contributed by atoms with Crippen molar-refractivity contribution in [2.24, 2.45) is 23.7 Å². The first-order valence-corrected chi connectivity index (χ1v) is 15.2. The van der Waals surface area contributed by atoms with Gasteiger partial charge >= 0.3 is 0 Å². The summed E-state index contributed by atoms with van der Waals surface area (Å²) in [6, 6.07) is 0.403. The van der Waals surface area contributed by atoms with E-state index in [1.54, 1.807) is 19.8 Å². The number of likely N-dealkylation sites (tertiary alicyclic amines) is 1. The van der Waals surface area contributed by atoms with Crippen LogP contribution in [0.4, 0.5) is 0 Å². The highest BCUT2D eigenvalue weighted by atomic mass is 16.5. The minimum absolute atomic E-state index is 0.115. The average Bonchev–Trinajstić information content (AvgIpc) is 2.91. The Hall–Kier alpha value is -1.13. The number of hydrogen-bond acceptors (Lipinski definition) is 3. The quantitative estimate of drug-likeness (QED) is 0.257. The third-order valence-electron chi connectivity index (χ3n) is 9.75. The molecule has 4 nitrogen and oxygen atoms in total. The number of amides is 1. The normalized spacial score (nSPS) is 30.1. The van der Waals surface area contributed by atoms with Crippen LogP contribution in [-0.2, 0) is 14.3 Å². The van der Waals surface area contributed by atoms with Crippen molar-refractivity contribution in [3.8, 4) is 0 Å². The van der Waals surface area contributed by atoms with Crippen LogP contribution in [0, 0.1) is 23.7 Å². The molecule has 2 saturated carbocycles. The molecule has 3 aliphatic rings. The molecule has 0 radical (unpaired) electrons. The van der Waals surface area contributed by atoms with Gasteiger partial charge < -0.3 is 14.4 Å². The van der Waals surface area contributed by atoms with Gasteiger partial charge in [-0.1, -0.05) is 76.7 Å². The summed E-state index contributed by atoms with van der Waals surface area (Å²) < 4.78 is 11.3. The molecule has 0 aromatic rings. The number of carbonyl (C=O) groups is 1.